The quantitative estimate of drug-likeness (QED) is 0.853. The lowest BCUT2D eigenvalue weighted by Gasteiger charge is -2.26. The molecule has 1 heterocycles. The summed E-state index contributed by atoms with van der Waals surface area (Å²) in [6, 6.07) is 8.00. The molecule has 1 aliphatic rings. The van der Waals surface area contributed by atoms with E-state index in [1.165, 1.54) is 0 Å². The molecule has 0 saturated carbocycles. The second-order valence-corrected chi connectivity index (χ2v) is 4.65. The fourth-order valence-electron chi connectivity index (χ4n) is 2.19. The highest BCUT2D eigenvalue weighted by molar-refractivity contribution is 5.86. The summed E-state index contributed by atoms with van der Waals surface area (Å²) in [7, 11) is 1.65. The van der Waals surface area contributed by atoms with Crippen molar-refractivity contribution >= 4 is 11.6 Å². The van der Waals surface area contributed by atoms with Gasteiger partial charge >= 0.3 is 0 Å². The first kappa shape index (κ1) is 12.9. The Balaban J connectivity index is 2.04. The van der Waals surface area contributed by atoms with Gasteiger partial charge in [0.05, 0.1) is 12.0 Å². The maximum absolute atomic E-state index is 12.2. The first-order chi connectivity index (χ1) is 8.72. The lowest BCUT2D eigenvalue weighted by Crippen LogP contribution is -2.37. The van der Waals surface area contributed by atoms with Crippen LogP contribution in [-0.2, 0) is 9.53 Å². The molecule has 4 heteroatoms. The Bertz CT molecular complexity index is 420. The molecule has 4 nitrogen and oxygen atoms in total. The van der Waals surface area contributed by atoms with Gasteiger partial charge in [0.1, 0.15) is 0 Å². The molecule has 0 fully saturated rings. The molecule has 2 unspecified atom stereocenters. The molecule has 0 aromatic heterocycles. The largest absolute Gasteiger partial charge is 0.385 e. The predicted octanol–water partition coefficient (Wildman–Crippen LogP) is 1.74. The smallest absolute Gasteiger partial charge is 0.227 e. The van der Waals surface area contributed by atoms with Crippen molar-refractivity contribution in [3.05, 3.63) is 29.8 Å². The average molecular weight is 248 g/mol. The van der Waals surface area contributed by atoms with Gasteiger partial charge in [0.2, 0.25) is 5.91 Å². The number of fused-ring (bicyclic) bond motifs is 1. The number of nitrogens with one attached hydrogen (secondary N) is 2. The normalized spacial score (nSPS) is 19.6. The molecule has 2 atom stereocenters. The van der Waals surface area contributed by atoms with Crippen LogP contribution in [-0.4, -0.2) is 32.2 Å². The summed E-state index contributed by atoms with van der Waals surface area (Å²) < 4.78 is 5.13. The number of carbonyl (C=O) groups is 1. The summed E-state index contributed by atoms with van der Waals surface area (Å²) in [5.74, 6) is 0.0411. The number of benzene rings is 1. The zero-order valence-electron chi connectivity index (χ0n) is 10.9. The molecule has 1 amide bonds. The van der Waals surface area contributed by atoms with Crippen LogP contribution in [0.15, 0.2) is 24.3 Å². The minimum Gasteiger partial charge on any atom is -0.385 e. The molecule has 0 saturated heterocycles. The van der Waals surface area contributed by atoms with Gasteiger partial charge in [-0.15, -0.1) is 0 Å². The van der Waals surface area contributed by atoms with E-state index in [1.54, 1.807) is 7.11 Å². The number of hydrogen-bond acceptors (Lipinski definition) is 3. The fraction of sp³-hybridized carbons (Fsp3) is 0.500. The molecule has 1 aromatic rings. The van der Waals surface area contributed by atoms with Crippen molar-refractivity contribution in [3.8, 4) is 0 Å². The van der Waals surface area contributed by atoms with Gasteiger partial charge in [-0.05, 0) is 25.0 Å². The van der Waals surface area contributed by atoms with Gasteiger partial charge in [-0.3, -0.25) is 4.79 Å². The number of carbonyl (C=O) groups excluding carboxylic acids is 1. The summed E-state index contributed by atoms with van der Waals surface area (Å²) in [5.41, 5.74) is 2.16. The third kappa shape index (κ3) is 2.82. The van der Waals surface area contributed by atoms with Crippen molar-refractivity contribution in [2.75, 3.05) is 25.5 Å². The van der Waals surface area contributed by atoms with E-state index in [2.05, 4.69) is 10.6 Å². The Labute approximate surface area is 108 Å². The minimum atomic E-state index is -0.0495. The second kappa shape index (κ2) is 5.87. The second-order valence-electron chi connectivity index (χ2n) is 4.65. The number of ether oxygens (including phenoxy) is 1. The van der Waals surface area contributed by atoms with Crippen LogP contribution in [0.5, 0.6) is 0 Å². The summed E-state index contributed by atoms with van der Waals surface area (Å²) in [5, 5.41) is 6.27. The molecule has 98 valence electrons. The molecule has 0 aliphatic carbocycles. The van der Waals surface area contributed by atoms with Crippen molar-refractivity contribution in [1.29, 1.82) is 0 Å². The topological polar surface area (TPSA) is 50.4 Å². The highest BCUT2D eigenvalue weighted by Crippen LogP contribution is 2.31. The van der Waals surface area contributed by atoms with E-state index in [1.807, 2.05) is 31.2 Å². The lowest BCUT2D eigenvalue weighted by atomic mass is 9.90. The van der Waals surface area contributed by atoms with Gasteiger partial charge in [0, 0.05) is 25.9 Å². The predicted molar refractivity (Wildman–Crippen MR) is 71.8 cm³/mol. The van der Waals surface area contributed by atoms with Crippen LogP contribution < -0.4 is 10.6 Å². The minimum absolute atomic E-state index is 0.0471. The van der Waals surface area contributed by atoms with E-state index < -0.39 is 0 Å². The van der Waals surface area contributed by atoms with E-state index >= 15 is 0 Å². The van der Waals surface area contributed by atoms with Crippen LogP contribution in [0.3, 0.4) is 0 Å². The Morgan fingerprint density at radius 2 is 2.33 bits per heavy atom. The first-order valence-corrected chi connectivity index (χ1v) is 6.35. The number of amides is 1. The monoisotopic (exact) mass is 248 g/mol. The number of para-hydroxylation sites is 1. The van der Waals surface area contributed by atoms with Crippen molar-refractivity contribution in [3.63, 3.8) is 0 Å². The standard InChI is InChI=1S/C14H20N2O2/c1-10(18-2)9-16-14(17)12-7-8-15-13-6-4-3-5-11(12)13/h3-6,10,12,15H,7-9H2,1-2H3,(H,16,17). The molecule has 18 heavy (non-hydrogen) atoms. The van der Waals surface area contributed by atoms with E-state index in [9.17, 15) is 4.79 Å². The molecule has 2 N–H and O–H groups in total. The van der Waals surface area contributed by atoms with E-state index in [-0.39, 0.29) is 17.9 Å². The van der Waals surface area contributed by atoms with Crippen LogP contribution in [0.1, 0.15) is 24.8 Å². The van der Waals surface area contributed by atoms with Gasteiger partial charge in [-0.2, -0.15) is 0 Å². The molecule has 1 aromatic carbocycles. The number of anilines is 1. The van der Waals surface area contributed by atoms with Crippen LogP contribution >= 0.6 is 0 Å². The number of rotatable bonds is 4. The highest BCUT2D eigenvalue weighted by atomic mass is 16.5. The Kier molecular flexibility index (Phi) is 4.20. The third-order valence-corrected chi connectivity index (χ3v) is 3.37. The molecule has 0 spiro atoms. The van der Waals surface area contributed by atoms with E-state index in [0.29, 0.717) is 6.54 Å². The van der Waals surface area contributed by atoms with Crippen molar-refractivity contribution < 1.29 is 9.53 Å². The van der Waals surface area contributed by atoms with E-state index in [0.717, 1.165) is 24.2 Å². The molecule has 1 aliphatic heterocycles. The first-order valence-electron chi connectivity index (χ1n) is 6.35. The van der Waals surface area contributed by atoms with Crippen molar-refractivity contribution in [2.45, 2.75) is 25.4 Å². The Morgan fingerprint density at radius 1 is 1.56 bits per heavy atom. The highest BCUT2D eigenvalue weighted by Gasteiger charge is 2.25. The van der Waals surface area contributed by atoms with Gasteiger partial charge in [0.15, 0.2) is 0 Å². The van der Waals surface area contributed by atoms with Gasteiger partial charge in [-0.1, -0.05) is 18.2 Å². The summed E-state index contributed by atoms with van der Waals surface area (Å²) in [4.78, 5) is 12.2. The van der Waals surface area contributed by atoms with Crippen molar-refractivity contribution in [2.24, 2.45) is 0 Å². The van der Waals surface area contributed by atoms with Crippen LogP contribution in [0, 0.1) is 0 Å². The number of hydrogen-bond donors (Lipinski definition) is 2. The molecule has 0 radical (unpaired) electrons. The van der Waals surface area contributed by atoms with Crippen LogP contribution in [0.2, 0.25) is 0 Å². The van der Waals surface area contributed by atoms with E-state index in [4.69, 9.17) is 4.74 Å². The van der Waals surface area contributed by atoms with Crippen molar-refractivity contribution in [1.82, 2.24) is 5.32 Å². The van der Waals surface area contributed by atoms with Gasteiger partial charge in [-0.25, -0.2) is 0 Å². The summed E-state index contributed by atoms with van der Waals surface area (Å²) in [6.45, 7) is 3.34. The van der Waals surface area contributed by atoms with Crippen LogP contribution in [0.4, 0.5) is 5.69 Å². The average Bonchev–Trinajstić information content (AvgIpc) is 2.43. The molecule has 2 rings (SSSR count). The SMILES string of the molecule is COC(C)CNC(=O)C1CCNc2ccccc21. The summed E-state index contributed by atoms with van der Waals surface area (Å²) >= 11 is 0. The third-order valence-electron chi connectivity index (χ3n) is 3.37. The Hall–Kier alpha value is -1.55. The summed E-state index contributed by atoms with van der Waals surface area (Å²) in [6.07, 6.45) is 0.885. The maximum Gasteiger partial charge on any atom is 0.227 e. The lowest BCUT2D eigenvalue weighted by molar-refractivity contribution is -0.123. The zero-order valence-corrected chi connectivity index (χ0v) is 10.9. The Morgan fingerprint density at radius 3 is 3.11 bits per heavy atom. The van der Waals surface area contributed by atoms with Gasteiger partial charge < -0.3 is 15.4 Å². The fourth-order valence-corrected chi connectivity index (χ4v) is 2.19. The molecular weight excluding hydrogens is 228 g/mol. The van der Waals surface area contributed by atoms with Crippen LogP contribution in [0.25, 0.3) is 0 Å². The zero-order chi connectivity index (χ0) is 13.0. The molecular formula is C14H20N2O2. The number of methoxy groups -OCH3 is 1. The van der Waals surface area contributed by atoms with Gasteiger partial charge in [0.25, 0.3) is 0 Å². The molecule has 0 bridgehead atoms. The maximum atomic E-state index is 12.2.